The SMILES string of the molecule is CN(Cc1ccc(N2CCOCC2)cc1)C(=O)CCOc1ccc(F)cc1Cl. The summed E-state index contributed by atoms with van der Waals surface area (Å²) < 4.78 is 23.9. The lowest BCUT2D eigenvalue weighted by Crippen LogP contribution is -2.36. The van der Waals surface area contributed by atoms with Gasteiger partial charge in [0, 0.05) is 32.4 Å². The summed E-state index contributed by atoms with van der Waals surface area (Å²) in [5, 5.41) is 0.196. The number of hydrogen-bond acceptors (Lipinski definition) is 4. The molecule has 1 fully saturated rings. The fourth-order valence-electron chi connectivity index (χ4n) is 3.03. The first-order valence-electron chi connectivity index (χ1n) is 9.26. The van der Waals surface area contributed by atoms with Crippen molar-refractivity contribution in [3.05, 3.63) is 58.9 Å². The average molecular weight is 407 g/mol. The average Bonchev–Trinajstić information content (AvgIpc) is 2.70. The second-order valence-electron chi connectivity index (χ2n) is 6.69. The lowest BCUT2D eigenvalue weighted by Gasteiger charge is -2.29. The topological polar surface area (TPSA) is 42.0 Å². The molecule has 0 saturated carbocycles. The van der Waals surface area contributed by atoms with Gasteiger partial charge in [-0.3, -0.25) is 4.79 Å². The fraction of sp³-hybridized carbons (Fsp3) is 0.381. The molecule has 2 aromatic rings. The lowest BCUT2D eigenvalue weighted by molar-refractivity contribution is -0.130. The van der Waals surface area contributed by atoms with Crippen molar-refractivity contribution in [2.45, 2.75) is 13.0 Å². The van der Waals surface area contributed by atoms with Crippen molar-refractivity contribution in [2.75, 3.05) is 44.9 Å². The van der Waals surface area contributed by atoms with Crippen molar-refractivity contribution in [1.29, 1.82) is 0 Å². The first-order valence-corrected chi connectivity index (χ1v) is 9.64. The van der Waals surface area contributed by atoms with Crippen LogP contribution in [0.4, 0.5) is 10.1 Å². The largest absolute Gasteiger partial charge is 0.491 e. The van der Waals surface area contributed by atoms with Gasteiger partial charge in [-0.15, -0.1) is 0 Å². The Balaban J connectivity index is 1.45. The zero-order chi connectivity index (χ0) is 19.9. The van der Waals surface area contributed by atoms with Crippen LogP contribution in [0.25, 0.3) is 0 Å². The summed E-state index contributed by atoms with van der Waals surface area (Å²) in [6.07, 6.45) is 0.218. The third kappa shape index (κ3) is 5.59. The standard InChI is InChI=1S/C21H24ClFN2O3/c1-24(21(26)8-11-28-20-7-4-17(23)14-19(20)22)15-16-2-5-18(6-3-16)25-9-12-27-13-10-25/h2-7,14H,8-13,15H2,1H3. The number of carbonyl (C=O) groups excluding carboxylic acids is 1. The van der Waals surface area contributed by atoms with Crippen molar-refractivity contribution in [3.8, 4) is 5.75 Å². The summed E-state index contributed by atoms with van der Waals surface area (Å²) in [5.74, 6) is -0.0829. The Morgan fingerprint density at radius 3 is 2.61 bits per heavy atom. The maximum atomic E-state index is 13.0. The van der Waals surface area contributed by atoms with E-state index in [1.165, 1.54) is 23.9 Å². The van der Waals surface area contributed by atoms with Crippen molar-refractivity contribution in [2.24, 2.45) is 0 Å². The van der Waals surface area contributed by atoms with E-state index >= 15 is 0 Å². The molecule has 0 spiro atoms. The van der Waals surface area contributed by atoms with Gasteiger partial charge in [-0.2, -0.15) is 0 Å². The van der Waals surface area contributed by atoms with Gasteiger partial charge in [0.05, 0.1) is 31.3 Å². The number of halogens is 2. The van der Waals surface area contributed by atoms with Gasteiger partial charge in [0.2, 0.25) is 5.91 Å². The molecule has 1 amide bonds. The molecule has 0 aliphatic carbocycles. The molecule has 0 bridgehead atoms. The zero-order valence-electron chi connectivity index (χ0n) is 15.9. The van der Waals surface area contributed by atoms with Gasteiger partial charge >= 0.3 is 0 Å². The third-order valence-corrected chi connectivity index (χ3v) is 4.92. The van der Waals surface area contributed by atoms with Crippen LogP contribution in [0, 0.1) is 5.82 Å². The molecule has 1 aliphatic rings. The molecular weight excluding hydrogens is 383 g/mol. The van der Waals surface area contributed by atoms with Crippen LogP contribution in [0.2, 0.25) is 5.02 Å². The smallest absolute Gasteiger partial charge is 0.226 e. The minimum atomic E-state index is -0.423. The monoisotopic (exact) mass is 406 g/mol. The second-order valence-corrected chi connectivity index (χ2v) is 7.10. The number of carbonyl (C=O) groups is 1. The van der Waals surface area contributed by atoms with Crippen LogP contribution in [-0.4, -0.2) is 50.8 Å². The number of rotatable bonds is 7. The summed E-state index contributed by atoms with van der Waals surface area (Å²) >= 11 is 5.91. The molecule has 5 nitrogen and oxygen atoms in total. The van der Waals surface area contributed by atoms with Crippen LogP contribution < -0.4 is 9.64 Å². The van der Waals surface area contributed by atoms with Crippen molar-refractivity contribution < 1.29 is 18.7 Å². The number of benzene rings is 2. The van der Waals surface area contributed by atoms with E-state index in [9.17, 15) is 9.18 Å². The summed E-state index contributed by atoms with van der Waals surface area (Å²) in [6, 6.07) is 12.2. The number of anilines is 1. The number of amides is 1. The highest BCUT2D eigenvalue weighted by Gasteiger charge is 2.13. The van der Waals surface area contributed by atoms with Crippen LogP contribution in [0.15, 0.2) is 42.5 Å². The molecule has 7 heteroatoms. The predicted octanol–water partition coefficient (Wildman–Crippen LogP) is 3.74. The van der Waals surface area contributed by atoms with E-state index < -0.39 is 5.82 Å². The normalized spacial score (nSPS) is 14.0. The van der Waals surface area contributed by atoms with E-state index in [0.717, 1.165) is 31.9 Å². The van der Waals surface area contributed by atoms with Crippen LogP contribution in [0.1, 0.15) is 12.0 Å². The summed E-state index contributed by atoms with van der Waals surface area (Å²) in [7, 11) is 1.77. The molecule has 28 heavy (non-hydrogen) atoms. The Kier molecular flexibility index (Phi) is 7.12. The van der Waals surface area contributed by atoms with Crippen LogP contribution >= 0.6 is 11.6 Å². The van der Waals surface area contributed by atoms with Crippen molar-refractivity contribution in [3.63, 3.8) is 0 Å². The summed E-state index contributed by atoms with van der Waals surface area (Å²) in [5.41, 5.74) is 2.24. The van der Waals surface area contributed by atoms with Crippen molar-refractivity contribution in [1.82, 2.24) is 4.90 Å². The molecule has 0 atom stereocenters. The van der Waals surface area contributed by atoms with Gasteiger partial charge in [-0.05, 0) is 35.9 Å². The molecule has 0 radical (unpaired) electrons. The molecule has 1 saturated heterocycles. The van der Waals surface area contributed by atoms with Gasteiger partial charge in [-0.1, -0.05) is 23.7 Å². The van der Waals surface area contributed by atoms with Gasteiger partial charge in [0.25, 0.3) is 0 Å². The van der Waals surface area contributed by atoms with E-state index in [4.69, 9.17) is 21.1 Å². The fourth-order valence-corrected chi connectivity index (χ4v) is 3.25. The first kappa shape index (κ1) is 20.4. The Morgan fingerprint density at radius 1 is 1.21 bits per heavy atom. The molecule has 2 aromatic carbocycles. The van der Waals surface area contributed by atoms with E-state index in [-0.39, 0.29) is 24.0 Å². The number of nitrogens with zero attached hydrogens (tertiary/aromatic N) is 2. The van der Waals surface area contributed by atoms with Crippen LogP contribution in [0.5, 0.6) is 5.75 Å². The highest BCUT2D eigenvalue weighted by Crippen LogP contribution is 2.25. The van der Waals surface area contributed by atoms with E-state index in [2.05, 4.69) is 17.0 Å². The molecule has 1 aliphatic heterocycles. The Labute approximate surface area is 169 Å². The molecule has 0 aromatic heterocycles. The quantitative estimate of drug-likeness (QED) is 0.702. The zero-order valence-corrected chi connectivity index (χ0v) is 16.6. The summed E-state index contributed by atoms with van der Waals surface area (Å²) in [6.45, 7) is 4.02. The first-order chi connectivity index (χ1) is 13.5. The number of hydrogen-bond donors (Lipinski definition) is 0. The molecular formula is C21H24ClFN2O3. The number of ether oxygens (including phenoxy) is 2. The van der Waals surface area contributed by atoms with Crippen LogP contribution in [0.3, 0.4) is 0 Å². The van der Waals surface area contributed by atoms with Gasteiger partial charge in [0.1, 0.15) is 11.6 Å². The van der Waals surface area contributed by atoms with Gasteiger partial charge in [0.15, 0.2) is 0 Å². The van der Waals surface area contributed by atoms with E-state index in [1.54, 1.807) is 11.9 Å². The molecule has 3 rings (SSSR count). The summed E-state index contributed by atoms with van der Waals surface area (Å²) in [4.78, 5) is 16.3. The maximum absolute atomic E-state index is 13.0. The Hall–Kier alpha value is -2.31. The van der Waals surface area contributed by atoms with Crippen LogP contribution in [-0.2, 0) is 16.1 Å². The molecule has 0 unspecified atom stereocenters. The highest BCUT2D eigenvalue weighted by atomic mass is 35.5. The van der Waals surface area contributed by atoms with Gasteiger partial charge < -0.3 is 19.3 Å². The van der Waals surface area contributed by atoms with Crippen molar-refractivity contribution >= 4 is 23.2 Å². The predicted molar refractivity (Wildman–Crippen MR) is 107 cm³/mol. The van der Waals surface area contributed by atoms with Gasteiger partial charge in [-0.25, -0.2) is 4.39 Å². The minimum Gasteiger partial charge on any atom is -0.491 e. The molecule has 150 valence electrons. The second kappa shape index (κ2) is 9.75. The highest BCUT2D eigenvalue weighted by molar-refractivity contribution is 6.32. The lowest BCUT2D eigenvalue weighted by atomic mass is 10.1. The molecule has 1 heterocycles. The Morgan fingerprint density at radius 2 is 1.93 bits per heavy atom. The molecule has 0 N–H and O–H groups in total. The maximum Gasteiger partial charge on any atom is 0.226 e. The third-order valence-electron chi connectivity index (χ3n) is 4.63. The minimum absolute atomic E-state index is 0.0320. The Bertz CT molecular complexity index is 795. The van der Waals surface area contributed by atoms with E-state index in [1.807, 2.05) is 12.1 Å². The van der Waals surface area contributed by atoms with E-state index in [0.29, 0.717) is 12.3 Å². The number of morpholine rings is 1.